The van der Waals surface area contributed by atoms with Crippen LogP contribution in [0, 0.1) is 11.8 Å². The molecule has 2 amide bonds. The van der Waals surface area contributed by atoms with E-state index in [2.05, 4.69) is 5.32 Å². The molecule has 6 atom stereocenters. The average molecular weight is 557 g/mol. The molecule has 3 fully saturated rings. The largest absolute Gasteiger partial charge is 0.511 e. The van der Waals surface area contributed by atoms with Crippen LogP contribution < -0.4 is 10.0 Å². The molecule has 0 aromatic heterocycles. The first-order valence-corrected chi connectivity index (χ1v) is 13.8. The molecule has 202 valence electrons. The summed E-state index contributed by atoms with van der Waals surface area (Å²) >= 11 is 1.24. The molecule has 3 saturated heterocycles. The lowest BCUT2D eigenvalue weighted by Crippen LogP contribution is -2.66. The fraction of sp³-hybridized carbons (Fsp3) is 0.750. The molecule has 0 radical (unpaired) electrons. The zero-order valence-corrected chi connectivity index (χ0v) is 21.1. The summed E-state index contributed by atoms with van der Waals surface area (Å²) in [6, 6.07) is -2.62. The summed E-state index contributed by atoms with van der Waals surface area (Å²) in [5.74, 6) is -3.85. The minimum Gasteiger partial charge on any atom is -0.477 e. The van der Waals surface area contributed by atoms with Crippen LogP contribution in [0.4, 0.5) is 13.2 Å². The Bertz CT molecular complexity index is 1080. The standard InChI is InChI=1S/C20H27F3N4O7S2/c1-9-14-13(10(2)25-36(32,33)20(21,22)23)18(29)27(14)15(19(30)31)16(9)35-11-7-12(24-8-11)17(28)26-3-5-34-6-4-26/h9-14,24-25H,3-8H2,1-2H3,(H,30,31)/t9-,10-,11+,12+,13-,14-/m1/s1. The van der Waals surface area contributed by atoms with Gasteiger partial charge in [-0.3, -0.25) is 9.59 Å². The number of ether oxygens (including phenoxy) is 1. The highest BCUT2D eigenvalue weighted by Gasteiger charge is 2.61. The number of rotatable bonds is 7. The number of thioether (sulfide) groups is 1. The van der Waals surface area contributed by atoms with Gasteiger partial charge in [0.05, 0.1) is 31.2 Å². The van der Waals surface area contributed by atoms with Crippen LogP contribution in [0.25, 0.3) is 0 Å². The predicted molar refractivity (Wildman–Crippen MR) is 121 cm³/mol. The first kappa shape index (κ1) is 27.2. The number of hydrogen-bond acceptors (Lipinski definition) is 8. The van der Waals surface area contributed by atoms with Crippen molar-refractivity contribution in [3.8, 4) is 0 Å². The number of nitrogens with zero attached hydrogens (tertiary/aromatic N) is 2. The van der Waals surface area contributed by atoms with Gasteiger partial charge in [0.2, 0.25) is 11.8 Å². The normalized spacial score (nSPS) is 31.9. The first-order chi connectivity index (χ1) is 16.7. The minimum absolute atomic E-state index is 0.0573. The molecule has 0 bridgehead atoms. The molecule has 16 heteroatoms. The number of hydrogen-bond donors (Lipinski definition) is 3. The van der Waals surface area contributed by atoms with Gasteiger partial charge in [-0.25, -0.2) is 17.9 Å². The number of carboxylic acids is 1. The molecule has 0 aromatic carbocycles. The number of alkyl halides is 3. The van der Waals surface area contributed by atoms with Gasteiger partial charge in [-0.2, -0.15) is 13.2 Å². The number of carbonyl (C=O) groups is 3. The first-order valence-electron chi connectivity index (χ1n) is 11.4. The van der Waals surface area contributed by atoms with E-state index in [9.17, 15) is 41.1 Å². The Labute approximate surface area is 209 Å². The molecule has 36 heavy (non-hydrogen) atoms. The maximum atomic E-state index is 12.8. The van der Waals surface area contributed by atoms with Gasteiger partial charge in [0, 0.05) is 41.7 Å². The van der Waals surface area contributed by atoms with Crippen LogP contribution in [-0.4, -0.2) is 103 Å². The monoisotopic (exact) mass is 556 g/mol. The summed E-state index contributed by atoms with van der Waals surface area (Å²) in [5.41, 5.74) is -5.78. The molecule has 11 nitrogen and oxygen atoms in total. The SMILES string of the molecule is C[C@@H](NS(=O)(=O)C(F)(F)F)[C@H]1C(=O)N2C(C(=O)O)=C(S[C@@H]3CN[C@H](C(=O)N4CCOCC4)C3)[C@H](C)[C@H]12. The summed E-state index contributed by atoms with van der Waals surface area (Å²) in [4.78, 5) is 40.8. The number of carboxylic acid groups (broad SMARTS) is 1. The minimum atomic E-state index is -5.68. The number of aliphatic carboxylic acids is 1. The van der Waals surface area contributed by atoms with Crippen LogP contribution in [0.5, 0.6) is 0 Å². The topological polar surface area (TPSA) is 145 Å². The molecule has 4 aliphatic rings. The predicted octanol–water partition coefficient (Wildman–Crippen LogP) is -0.0905. The molecule has 0 saturated carbocycles. The van der Waals surface area contributed by atoms with E-state index in [4.69, 9.17) is 4.74 Å². The van der Waals surface area contributed by atoms with Crippen LogP contribution in [0.15, 0.2) is 10.6 Å². The molecule has 0 aliphatic carbocycles. The Hall–Kier alpha value is -1.88. The highest BCUT2D eigenvalue weighted by atomic mass is 32.2. The lowest BCUT2D eigenvalue weighted by molar-refractivity contribution is -0.158. The molecular formula is C20H27F3N4O7S2. The zero-order chi connectivity index (χ0) is 26.6. The van der Waals surface area contributed by atoms with Gasteiger partial charge < -0.3 is 25.0 Å². The van der Waals surface area contributed by atoms with Crippen molar-refractivity contribution < 1.29 is 45.8 Å². The van der Waals surface area contributed by atoms with Crippen LogP contribution in [-0.2, 0) is 29.1 Å². The van der Waals surface area contributed by atoms with Gasteiger partial charge >= 0.3 is 21.5 Å². The summed E-state index contributed by atoms with van der Waals surface area (Å²) in [7, 11) is -5.68. The fourth-order valence-corrected chi connectivity index (χ4v) is 7.49. The van der Waals surface area contributed by atoms with Gasteiger partial charge in [-0.05, 0) is 13.3 Å². The van der Waals surface area contributed by atoms with Gasteiger partial charge in [0.25, 0.3) is 0 Å². The van der Waals surface area contributed by atoms with E-state index in [1.54, 1.807) is 11.8 Å². The van der Waals surface area contributed by atoms with Crippen molar-refractivity contribution in [2.45, 2.75) is 49.2 Å². The Balaban J connectivity index is 1.46. The van der Waals surface area contributed by atoms with E-state index < -0.39 is 57.4 Å². The maximum absolute atomic E-state index is 12.8. The molecular weight excluding hydrogens is 529 g/mol. The quantitative estimate of drug-likeness (QED) is 0.366. The second-order valence-corrected chi connectivity index (χ2v) is 12.3. The van der Waals surface area contributed by atoms with Crippen molar-refractivity contribution >= 4 is 39.6 Å². The van der Waals surface area contributed by atoms with Gasteiger partial charge in [-0.1, -0.05) is 6.92 Å². The van der Waals surface area contributed by atoms with Crippen molar-refractivity contribution in [2.75, 3.05) is 32.8 Å². The van der Waals surface area contributed by atoms with Crippen LogP contribution in [0.2, 0.25) is 0 Å². The summed E-state index contributed by atoms with van der Waals surface area (Å²) in [6.07, 6.45) is 0.438. The highest BCUT2D eigenvalue weighted by Crippen LogP contribution is 2.52. The highest BCUT2D eigenvalue weighted by molar-refractivity contribution is 8.03. The summed E-state index contributed by atoms with van der Waals surface area (Å²) in [6.45, 7) is 5.18. The molecule has 0 aromatic rings. The van der Waals surface area contributed by atoms with E-state index >= 15 is 0 Å². The molecule has 4 rings (SSSR count). The van der Waals surface area contributed by atoms with Crippen molar-refractivity contribution in [2.24, 2.45) is 11.8 Å². The van der Waals surface area contributed by atoms with Crippen molar-refractivity contribution in [1.82, 2.24) is 19.8 Å². The summed E-state index contributed by atoms with van der Waals surface area (Å²) in [5, 5.41) is 12.8. The number of amides is 2. The molecule has 4 heterocycles. The number of sulfonamides is 1. The third-order valence-corrected chi connectivity index (χ3v) is 9.78. The Morgan fingerprint density at radius 2 is 1.92 bits per heavy atom. The van der Waals surface area contributed by atoms with E-state index in [0.29, 0.717) is 44.2 Å². The van der Waals surface area contributed by atoms with E-state index in [1.807, 2.05) is 0 Å². The number of β-lactam (4-membered cyclic amide) rings is 1. The number of carbonyl (C=O) groups excluding carboxylic acids is 2. The van der Waals surface area contributed by atoms with E-state index in [-0.39, 0.29) is 16.9 Å². The summed E-state index contributed by atoms with van der Waals surface area (Å²) < 4.78 is 68.3. The third kappa shape index (κ3) is 4.73. The third-order valence-electron chi connectivity index (χ3n) is 6.98. The number of fused-ring (bicyclic) bond motifs is 1. The molecule has 3 N–H and O–H groups in total. The second kappa shape index (κ2) is 9.78. The zero-order valence-electron chi connectivity index (χ0n) is 19.4. The molecule has 4 aliphatic heterocycles. The number of halogens is 3. The number of nitrogens with one attached hydrogen (secondary N) is 2. The van der Waals surface area contributed by atoms with Crippen LogP contribution >= 0.6 is 11.8 Å². The Morgan fingerprint density at radius 3 is 2.50 bits per heavy atom. The van der Waals surface area contributed by atoms with E-state index in [0.717, 1.165) is 11.8 Å². The van der Waals surface area contributed by atoms with Gasteiger partial charge in [0.15, 0.2) is 0 Å². The number of morpholine rings is 1. The van der Waals surface area contributed by atoms with Crippen LogP contribution in [0.1, 0.15) is 20.3 Å². The molecule has 0 unspecified atom stereocenters. The molecule has 0 spiro atoms. The smallest absolute Gasteiger partial charge is 0.477 e. The fourth-order valence-electron chi connectivity index (χ4n) is 5.25. The second-order valence-electron chi connectivity index (χ2n) is 9.26. The van der Waals surface area contributed by atoms with Crippen molar-refractivity contribution in [3.05, 3.63) is 10.6 Å². The van der Waals surface area contributed by atoms with Gasteiger partial charge in [0.1, 0.15) is 5.70 Å². The van der Waals surface area contributed by atoms with Crippen LogP contribution in [0.3, 0.4) is 0 Å². The lowest BCUT2D eigenvalue weighted by atomic mass is 9.78. The lowest BCUT2D eigenvalue weighted by Gasteiger charge is -2.47. The van der Waals surface area contributed by atoms with Crippen molar-refractivity contribution in [1.29, 1.82) is 0 Å². The van der Waals surface area contributed by atoms with Crippen molar-refractivity contribution in [3.63, 3.8) is 0 Å². The Kier molecular flexibility index (Phi) is 7.38. The maximum Gasteiger partial charge on any atom is 0.511 e. The average Bonchev–Trinajstić information content (AvgIpc) is 3.35. The Morgan fingerprint density at radius 1 is 1.28 bits per heavy atom. The van der Waals surface area contributed by atoms with Gasteiger partial charge in [-0.15, -0.1) is 11.8 Å². The van der Waals surface area contributed by atoms with E-state index in [1.165, 1.54) is 16.5 Å².